The Labute approximate surface area is 125 Å². The van der Waals surface area contributed by atoms with Crippen molar-refractivity contribution >= 4 is 29.3 Å². The van der Waals surface area contributed by atoms with E-state index in [2.05, 4.69) is 5.32 Å². The fourth-order valence-electron chi connectivity index (χ4n) is 1.77. The van der Waals surface area contributed by atoms with E-state index >= 15 is 0 Å². The lowest BCUT2D eigenvalue weighted by molar-refractivity contribution is -0.129. The second-order valence-corrected chi connectivity index (χ2v) is 5.47. The Morgan fingerprint density at radius 2 is 2.05 bits per heavy atom. The number of hydrogen-bond acceptors (Lipinski definition) is 3. The van der Waals surface area contributed by atoms with Gasteiger partial charge in [-0.1, -0.05) is 18.2 Å². The van der Waals surface area contributed by atoms with Gasteiger partial charge in [0.05, 0.1) is 11.5 Å². The van der Waals surface area contributed by atoms with Gasteiger partial charge in [0.1, 0.15) is 11.3 Å². The second kappa shape index (κ2) is 6.29. The van der Waals surface area contributed by atoms with E-state index in [1.165, 1.54) is 0 Å². The van der Waals surface area contributed by atoms with Gasteiger partial charge < -0.3 is 15.5 Å². The molecule has 2 aromatic rings. The molecular formula is C15H21ClN2O2. The summed E-state index contributed by atoms with van der Waals surface area (Å²) < 4.78 is 5.73. The summed E-state index contributed by atoms with van der Waals surface area (Å²) in [6.07, 6.45) is 0. The van der Waals surface area contributed by atoms with E-state index in [1.807, 2.05) is 51.1 Å². The normalized spacial score (nSPS) is 12.8. The van der Waals surface area contributed by atoms with E-state index in [0.717, 1.165) is 16.7 Å². The van der Waals surface area contributed by atoms with Gasteiger partial charge in [0.2, 0.25) is 5.91 Å². The summed E-state index contributed by atoms with van der Waals surface area (Å²) >= 11 is 0. The van der Waals surface area contributed by atoms with Crippen molar-refractivity contribution in [1.29, 1.82) is 0 Å². The maximum Gasteiger partial charge on any atom is 0.227 e. The Morgan fingerprint density at radius 3 is 2.65 bits per heavy atom. The van der Waals surface area contributed by atoms with Gasteiger partial charge >= 0.3 is 0 Å². The fourth-order valence-corrected chi connectivity index (χ4v) is 1.77. The molecule has 1 aromatic carbocycles. The lowest BCUT2D eigenvalue weighted by atomic mass is 9.92. The maximum absolute atomic E-state index is 12.1. The Balaban J connectivity index is 0.00000200. The largest absolute Gasteiger partial charge is 0.459 e. The molecule has 4 nitrogen and oxygen atoms in total. The molecule has 0 radical (unpaired) electrons. The molecule has 20 heavy (non-hydrogen) atoms. The summed E-state index contributed by atoms with van der Waals surface area (Å²) in [5.74, 6) is 0.685. The highest BCUT2D eigenvalue weighted by molar-refractivity contribution is 5.85. The number of rotatable bonds is 4. The Kier molecular flexibility index (Phi) is 5.20. The molecule has 0 aliphatic rings. The SMILES string of the molecule is CC(NC(=O)C(C)(C)CN)c1cc2ccccc2o1.Cl. The average Bonchev–Trinajstić information content (AvgIpc) is 2.82. The molecule has 0 aliphatic carbocycles. The average molecular weight is 297 g/mol. The molecule has 0 aliphatic heterocycles. The molecule has 1 amide bonds. The molecule has 0 fully saturated rings. The number of benzene rings is 1. The van der Waals surface area contributed by atoms with Gasteiger partial charge in [-0.05, 0) is 32.9 Å². The summed E-state index contributed by atoms with van der Waals surface area (Å²) in [4.78, 5) is 12.1. The Morgan fingerprint density at radius 1 is 1.40 bits per heavy atom. The monoisotopic (exact) mass is 296 g/mol. The first-order chi connectivity index (χ1) is 8.94. The molecule has 0 saturated carbocycles. The molecule has 0 saturated heterocycles. The fraction of sp³-hybridized carbons (Fsp3) is 0.400. The van der Waals surface area contributed by atoms with Crippen LogP contribution in [0.4, 0.5) is 0 Å². The Bertz CT molecular complexity index is 559. The molecule has 110 valence electrons. The van der Waals surface area contributed by atoms with E-state index in [-0.39, 0.29) is 24.4 Å². The molecule has 5 heteroatoms. The first-order valence-corrected chi connectivity index (χ1v) is 6.43. The number of carbonyl (C=O) groups excluding carboxylic acids is 1. The summed E-state index contributed by atoms with van der Waals surface area (Å²) in [5, 5.41) is 3.97. The van der Waals surface area contributed by atoms with Crippen LogP contribution in [0, 0.1) is 5.41 Å². The molecule has 2 rings (SSSR count). The van der Waals surface area contributed by atoms with Crippen LogP contribution >= 0.6 is 12.4 Å². The molecule has 3 N–H and O–H groups in total. The molecular weight excluding hydrogens is 276 g/mol. The van der Waals surface area contributed by atoms with Crippen molar-refractivity contribution in [3.8, 4) is 0 Å². The van der Waals surface area contributed by atoms with Crippen LogP contribution < -0.4 is 11.1 Å². The molecule has 0 bridgehead atoms. The number of carbonyl (C=O) groups is 1. The third-order valence-electron chi connectivity index (χ3n) is 3.34. The minimum absolute atomic E-state index is 0. The highest BCUT2D eigenvalue weighted by Crippen LogP contribution is 2.24. The standard InChI is InChI=1S/C15H20N2O2.ClH/c1-10(17-14(18)15(2,3)9-16)13-8-11-6-4-5-7-12(11)19-13;/h4-8,10H,9,16H2,1-3H3,(H,17,18);1H. The molecule has 1 aromatic heterocycles. The minimum Gasteiger partial charge on any atom is -0.459 e. The van der Waals surface area contributed by atoms with Crippen LogP contribution in [0.2, 0.25) is 0 Å². The number of amides is 1. The number of halogens is 1. The smallest absolute Gasteiger partial charge is 0.227 e. The van der Waals surface area contributed by atoms with Crippen LogP contribution in [-0.4, -0.2) is 12.5 Å². The van der Waals surface area contributed by atoms with Gasteiger partial charge in [0.25, 0.3) is 0 Å². The highest BCUT2D eigenvalue weighted by Gasteiger charge is 2.27. The van der Waals surface area contributed by atoms with Crippen LogP contribution in [0.5, 0.6) is 0 Å². The van der Waals surface area contributed by atoms with Crippen molar-refractivity contribution in [3.05, 3.63) is 36.1 Å². The van der Waals surface area contributed by atoms with Crippen LogP contribution in [0.25, 0.3) is 11.0 Å². The van der Waals surface area contributed by atoms with E-state index in [0.29, 0.717) is 6.54 Å². The lowest BCUT2D eigenvalue weighted by Crippen LogP contribution is -2.42. The number of para-hydroxylation sites is 1. The Hall–Kier alpha value is -1.52. The first kappa shape index (κ1) is 16.5. The van der Waals surface area contributed by atoms with Crippen molar-refractivity contribution in [2.45, 2.75) is 26.8 Å². The van der Waals surface area contributed by atoms with E-state index in [9.17, 15) is 4.79 Å². The van der Waals surface area contributed by atoms with Crippen LogP contribution in [-0.2, 0) is 4.79 Å². The summed E-state index contributed by atoms with van der Waals surface area (Å²) in [7, 11) is 0. The van der Waals surface area contributed by atoms with Gasteiger partial charge in [-0.15, -0.1) is 12.4 Å². The predicted molar refractivity (Wildman–Crippen MR) is 82.9 cm³/mol. The van der Waals surface area contributed by atoms with Gasteiger partial charge in [-0.3, -0.25) is 4.79 Å². The molecule has 1 unspecified atom stereocenters. The number of nitrogens with one attached hydrogen (secondary N) is 1. The van der Waals surface area contributed by atoms with Crippen molar-refractivity contribution < 1.29 is 9.21 Å². The van der Waals surface area contributed by atoms with Crippen molar-refractivity contribution in [2.75, 3.05) is 6.54 Å². The van der Waals surface area contributed by atoms with E-state index in [1.54, 1.807) is 0 Å². The third-order valence-corrected chi connectivity index (χ3v) is 3.34. The lowest BCUT2D eigenvalue weighted by Gasteiger charge is -2.23. The first-order valence-electron chi connectivity index (χ1n) is 6.43. The quantitative estimate of drug-likeness (QED) is 0.911. The van der Waals surface area contributed by atoms with Crippen molar-refractivity contribution in [1.82, 2.24) is 5.32 Å². The topological polar surface area (TPSA) is 68.3 Å². The van der Waals surface area contributed by atoms with E-state index in [4.69, 9.17) is 10.2 Å². The summed E-state index contributed by atoms with van der Waals surface area (Å²) in [6.45, 7) is 5.87. The molecule has 1 atom stereocenters. The second-order valence-electron chi connectivity index (χ2n) is 5.47. The number of nitrogens with two attached hydrogens (primary N) is 1. The van der Waals surface area contributed by atoms with Crippen molar-refractivity contribution in [3.63, 3.8) is 0 Å². The van der Waals surface area contributed by atoms with Crippen LogP contribution in [0.15, 0.2) is 34.7 Å². The van der Waals surface area contributed by atoms with E-state index < -0.39 is 5.41 Å². The van der Waals surface area contributed by atoms with Gasteiger partial charge in [0, 0.05) is 11.9 Å². The predicted octanol–water partition coefficient (Wildman–Crippen LogP) is 3.02. The minimum atomic E-state index is -0.569. The maximum atomic E-state index is 12.1. The zero-order chi connectivity index (χ0) is 14.0. The summed E-state index contributed by atoms with van der Waals surface area (Å²) in [5.41, 5.74) is 5.86. The molecule has 0 spiro atoms. The number of fused-ring (bicyclic) bond motifs is 1. The van der Waals surface area contributed by atoms with Crippen molar-refractivity contribution in [2.24, 2.45) is 11.1 Å². The van der Waals surface area contributed by atoms with Gasteiger partial charge in [0.15, 0.2) is 0 Å². The number of furan rings is 1. The highest BCUT2D eigenvalue weighted by atomic mass is 35.5. The third kappa shape index (κ3) is 3.32. The van der Waals surface area contributed by atoms with Crippen LogP contribution in [0.3, 0.4) is 0 Å². The van der Waals surface area contributed by atoms with Gasteiger partial charge in [-0.2, -0.15) is 0 Å². The zero-order valence-electron chi connectivity index (χ0n) is 12.0. The molecule has 1 heterocycles. The summed E-state index contributed by atoms with van der Waals surface area (Å²) in [6, 6.07) is 9.57. The zero-order valence-corrected chi connectivity index (χ0v) is 12.8. The van der Waals surface area contributed by atoms with Gasteiger partial charge in [-0.25, -0.2) is 0 Å². The van der Waals surface area contributed by atoms with Crippen LogP contribution in [0.1, 0.15) is 32.6 Å². The number of hydrogen-bond donors (Lipinski definition) is 2.